The molecule has 0 bridgehead atoms. The number of likely N-dealkylation sites (N-methyl/N-ethyl adjacent to an activating group) is 1. The summed E-state index contributed by atoms with van der Waals surface area (Å²) in [6.07, 6.45) is 1.68. The summed E-state index contributed by atoms with van der Waals surface area (Å²) in [5.74, 6) is 1.50. The number of ether oxygens (including phenoxy) is 2. The number of aromatic hydroxyl groups is 1. The molecule has 4 rings (SSSR count). The van der Waals surface area contributed by atoms with Gasteiger partial charge in [-0.15, -0.1) is 0 Å². The second kappa shape index (κ2) is 7.89. The fourth-order valence-electron chi connectivity index (χ4n) is 4.98. The summed E-state index contributed by atoms with van der Waals surface area (Å²) in [7, 11) is 5.34. The predicted molar refractivity (Wildman–Crippen MR) is 124 cm³/mol. The molecule has 0 saturated carbocycles. The molecule has 5 heteroatoms. The van der Waals surface area contributed by atoms with E-state index in [-0.39, 0.29) is 11.8 Å². The topological polar surface area (TPSA) is 59.0 Å². The Balaban J connectivity index is 2.11. The summed E-state index contributed by atoms with van der Waals surface area (Å²) < 4.78 is 11.2. The summed E-state index contributed by atoms with van der Waals surface area (Å²) in [6.45, 7) is 6.27. The van der Waals surface area contributed by atoms with E-state index in [1.54, 1.807) is 14.2 Å². The molecular weight excluding hydrogens is 390 g/mol. The van der Waals surface area contributed by atoms with E-state index in [1.165, 1.54) is 0 Å². The molecule has 0 fully saturated rings. The van der Waals surface area contributed by atoms with E-state index in [0.717, 1.165) is 45.7 Å². The van der Waals surface area contributed by atoms with E-state index in [2.05, 4.69) is 25.8 Å². The lowest BCUT2D eigenvalue weighted by Gasteiger charge is -2.39. The van der Waals surface area contributed by atoms with Crippen LogP contribution < -0.4 is 9.47 Å². The van der Waals surface area contributed by atoms with E-state index < -0.39 is 0 Å². The number of aldehydes is 1. The molecule has 0 aromatic heterocycles. The predicted octanol–water partition coefficient (Wildman–Crippen LogP) is 5.29. The molecule has 162 valence electrons. The van der Waals surface area contributed by atoms with Gasteiger partial charge in [-0.25, -0.2) is 0 Å². The Hall–Kier alpha value is -3.05. The Kier molecular flexibility index (Phi) is 5.40. The van der Waals surface area contributed by atoms with Crippen LogP contribution in [0.2, 0.25) is 0 Å². The quantitative estimate of drug-likeness (QED) is 0.583. The number of hydrogen-bond donors (Lipinski definition) is 1. The number of phenols is 1. The van der Waals surface area contributed by atoms with Crippen LogP contribution in [-0.2, 0) is 6.42 Å². The third kappa shape index (κ3) is 3.24. The maximum atomic E-state index is 12.4. The van der Waals surface area contributed by atoms with Crippen molar-refractivity contribution >= 4 is 17.1 Å². The van der Waals surface area contributed by atoms with Gasteiger partial charge in [0.25, 0.3) is 0 Å². The average Bonchev–Trinajstić information content (AvgIpc) is 2.75. The molecular formula is C26H29NO4. The van der Waals surface area contributed by atoms with Gasteiger partial charge in [-0.05, 0) is 86.1 Å². The monoisotopic (exact) mass is 419 g/mol. The van der Waals surface area contributed by atoms with E-state index in [9.17, 15) is 9.90 Å². The van der Waals surface area contributed by atoms with Gasteiger partial charge in [-0.3, -0.25) is 9.69 Å². The third-order valence-corrected chi connectivity index (χ3v) is 6.72. The number of carbonyl (C=O) groups excluding carboxylic acids is 1. The SMILES string of the molecule is COc1ccc(-c2c(O)cc3c(c2C=O)[C@@H](C)N(C)[C@@H](C)C3)c2cc(C)cc(OC)c12. The Morgan fingerprint density at radius 1 is 1.10 bits per heavy atom. The highest BCUT2D eigenvalue weighted by Crippen LogP contribution is 2.47. The van der Waals surface area contributed by atoms with Crippen molar-refractivity contribution in [2.75, 3.05) is 21.3 Å². The first-order valence-electron chi connectivity index (χ1n) is 10.5. The zero-order chi connectivity index (χ0) is 22.4. The third-order valence-electron chi connectivity index (χ3n) is 6.72. The number of phenolic OH excluding ortho intramolecular Hbond substituents is 1. The standard InChI is InChI=1S/C26H29NO4/c1-14-9-19-18(7-8-22(30-5)26(19)23(10-14)31-6)25-20(13-28)24-16(3)27(4)15(2)11-17(24)12-21(25)29/h7-10,12-13,15-16,29H,11H2,1-6H3/t15-,16+/m0/s1. The second-order valence-corrected chi connectivity index (χ2v) is 8.47. The van der Waals surface area contributed by atoms with Crippen LogP contribution in [0, 0.1) is 6.92 Å². The van der Waals surface area contributed by atoms with Gasteiger partial charge >= 0.3 is 0 Å². The summed E-state index contributed by atoms with van der Waals surface area (Å²) >= 11 is 0. The number of rotatable bonds is 4. The number of carbonyl (C=O) groups is 1. The van der Waals surface area contributed by atoms with Crippen LogP contribution in [0.25, 0.3) is 21.9 Å². The van der Waals surface area contributed by atoms with Gasteiger partial charge in [0.15, 0.2) is 6.29 Å². The molecule has 5 nitrogen and oxygen atoms in total. The molecule has 2 atom stereocenters. The maximum absolute atomic E-state index is 12.4. The van der Waals surface area contributed by atoms with Crippen molar-refractivity contribution in [2.24, 2.45) is 0 Å². The Bertz CT molecular complexity index is 1180. The molecule has 0 radical (unpaired) electrons. The first kappa shape index (κ1) is 21.2. The average molecular weight is 420 g/mol. The van der Waals surface area contributed by atoms with Gasteiger partial charge in [0.05, 0.1) is 19.6 Å². The largest absolute Gasteiger partial charge is 0.507 e. The molecule has 0 saturated heterocycles. The van der Waals surface area contributed by atoms with E-state index in [1.807, 2.05) is 37.3 Å². The smallest absolute Gasteiger partial charge is 0.151 e. The molecule has 1 aliphatic heterocycles. The first-order chi connectivity index (χ1) is 14.8. The van der Waals surface area contributed by atoms with Crippen LogP contribution in [-0.4, -0.2) is 43.6 Å². The van der Waals surface area contributed by atoms with Gasteiger partial charge in [0, 0.05) is 23.2 Å². The molecule has 0 aliphatic carbocycles. The number of nitrogens with zero attached hydrogens (tertiary/aromatic N) is 1. The van der Waals surface area contributed by atoms with Gasteiger partial charge < -0.3 is 14.6 Å². The minimum Gasteiger partial charge on any atom is -0.507 e. The Morgan fingerprint density at radius 3 is 2.45 bits per heavy atom. The summed E-state index contributed by atoms with van der Waals surface area (Å²) in [5, 5.41) is 12.8. The molecule has 1 N–H and O–H groups in total. The zero-order valence-electron chi connectivity index (χ0n) is 18.9. The van der Waals surface area contributed by atoms with Crippen molar-refractivity contribution in [3.8, 4) is 28.4 Å². The van der Waals surface area contributed by atoms with Crippen molar-refractivity contribution in [1.82, 2.24) is 4.90 Å². The fourth-order valence-corrected chi connectivity index (χ4v) is 4.98. The van der Waals surface area contributed by atoms with Crippen molar-refractivity contribution < 1.29 is 19.4 Å². The van der Waals surface area contributed by atoms with E-state index in [4.69, 9.17) is 9.47 Å². The number of fused-ring (bicyclic) bond motifs is 2. The van der Waals surface area contributed by atoms with Crippen LogP contribution >= 0.6 is 0 Å². The van der Waals surface area contributed by atoms with Crippen molar-refractivity contribution in [3.05, 3.63) is 52.6 Å². The summed E-state index contributed by atoms with van der Waals surface area (Å²) in [5.41, 5.74) is 4.94. The Morgan fingerprint density at radius 2 is 1.81 bits per heavy atom. The molecule has 0 amide bonds. The van der Waals surface area contributed by atoms with Gasteiger partial charge in [0.1, 0.15) is 17.2 Å². The lowest BCUT2D eigenvalue weighted by molar-refractivity contribution is 0.111. The molecule has 1 heterocycles. The fraction of sp³-hybridized carbons (Fsp3) is 0.346. The lowest BCUT2D eigenvalue weighted by atomic mass is 9.82. The minimum atomic E-state index is 0.0686. The summed E-state index contributed by atoms with van der Waals surface area (Å²) in [4.78, 5) is 14.7. The highest BCUT2D eigenvalue weighted by molar-refractivity contribution is 6.08. The molecule has 0 unspecified atom stereocenters. The second-order valence-electron chi connectivity index (χ2n) is 8.47. The molecule has 0 spiro atoms. The maximum Gasteiger partial charge on any atom is 0.151 e. The Labute approximate surface area is 183 Å². The van der Waals surface area contributed by atoms with E-state index >= 15 is 0 Å². The number of hydrogen-bond acceptors (Lipinski definition) is 5. The van der Waals surface area contributed by atoms with Crippen molar-refractivity contribution in [1.29, 1.82) is 0 Å². The van der Waals surface area contributed by atoms with Crippen LogP contribution in [0.15, 0.2) is 30.3 Å². The van der Waals surface area contributed by atoms with Crippen LogP contribution in [0.1, 0.15) is 46.9 Å². The molecule has 3 aromatic carbocycles. The van der Waals surface area contributed by atoms with Crippen LogP contribution in [0.5, 0.6) is 17.2 Å². The van der Waals surface area contributed by atoms with Crippen LogP contribution in [0.3, 0.4) is 0 Å². The number of aryl methyl sites for hydroxylation is 1. The van der Waals surface area contributed by atoms with Gasteiger partial charge in [-0.2, -0.15) is 0 Å². The normalized spacial score (nSPS) is 18.6. The van der Waals surface area contributed by atoms with Gasteiger partial charge in [0.2, 0.25) is 0 Å². The summed E-state index contributed by atoms with van der Waals surface area (Å²) in [6, 6.07) is 10.0. The van der Waals surface area contributed by atoms with Gasteiger partial charge in [-0.1, -0.05) is 6.07 Å². The first-order valence-corrected chi connectivity index (χ1v) is 10.5. The zero-order valence-corrected chi connectivity index (χ0v) is 18.9. The minimum absolute atomic E-state index is 0.0686. The molecule has 1 aliphatic rings. The van der Waals surface area contributed by atoms with Crippen LogP contribution in [0.4, 0.5) is 0 Å². The highest BCUT2D eigenvalue weighted by atomic mass is 16.5. The number of methoxy groups -OCH3 is 2. The lowest BCUT2D eigenvalue weighted by Crippen LogP contribution is -2.38. The van der Waals surface area contributed by atoms with Crippen molar-refractivity contribution in [3.63, 3.8) is 0 Å². The van der Waals surface area contributed by atoms with Crippen molar-refractivity contribution in [2.45, 2.75) is 39.3 Å². The molecule has 3 aromatic rings. The molecule has 31 heavy (non-hydrogen) atoms. The highest BCUT2D eigenvalue weighted by Gasteiger charge is 2.32. The number of benzene rings is 3. The van der Waals surface area contributed by atoms with E-state index in [0.29, 0.717) is 28.7 Å².